The Balaban J connectivity index is 1.34. The lowest BCUT2D eigenvalue weighted by molar-refractivity contribution is -0.157. The number of rotatable bonds is 7. The third-order valence-electron chi connectivity index (χ3n) is 5.53. The maximum Gasteiger partial charge on any atom is 0.323 e. The molecule has 0 radical (unpaired) electrons. The van der Waals surface area contributed by atoms with Crippen LogP contribution in [-0.2, 0) is 4.79 Å². The zero-order valence-electron chi connectivity index (χ0n) is 17.3. The van der Waals surface area contributed by atoms with E-state index in [-0.39, 0.29) is 17.6 Å². The van der Waals surface area contributed by atoms with Crippen molar-refractivity contribution in [3.05, 3.63) is 65.7 Å². The lowest BCUT2D eigenvalue weighted by atomic mass is 9.69. The molecular formula is C23H20ClFN4O4. The van der Waals surface area contributed by atoms with E-state index in [1.54, 1.807) is 36.7 Å². The van der Waals surface area contributed by atoms with Gasteiger partial charge in [-0.05, 0) is 48.7 Å². The van der Waals surface area contributed by atoms with Crippen LogP contribution in [-0.4, -0.2) is 33.7 Å². The lowest BCUT2D eigenvalue weighted by Crippen LogP contribution is -2.43. The quantitative estimate of drug-likeness (QED) is 0.436. The molecule has 1 aliphatic rings. The number of carbonyl (C=O) groups is 2. The number of ether oxygens (including phenoxy) is 1. The first-order chi connectivity index (χ1) is 15.8. The fourth-order valence-electron chi connectivity index (χ4n) is 3.39. The van der Waals surface area contributed by atoms with Gasteiger partial charge in [-0.3, -0.25) is 4.79 Å². The van der Waals surface area contributed by atoms with Gasteiger partial charge >= 0.3 is 18.0 Å². The molecule has 170 valence electrons. The molecule has 2 amide bonds. The van der Waals surface area contributed by atoms with Crippen molar-refractivity contribution in [1.29, 1.82) is 0 Å². The molecule has 0 atom stereocenters. The number of urea groups is 1. The lowest BCUT2D eigenvalue weighted by Gasteiger charge is -2.36. The Labute approximate surface area is 193 Å². The second-order valence-electron chi connectivity index (χ2n) is 7.76. The van der Waals surface area contributed by atoms with Crippen LogP contribution in [0.25, 0.3) is 11.1 Å². The Morgan fingerprint density at radius 3 is 2.33 bits per heavy atom. The van der Waals surface area contributed by atoms with Gasteiger partial charge in [-0.1, -0.05) is 30.2 Å². The summed E-state index contributed by atoms with van der Waals surface area (Å²) >= 11 is 5.91. The van der Waals surface area contributed by atoms with Gasteiger partial charge in [0.1, 0.15) is 17.8 Å². The number of carbonyl (C=O) groups excluding carboxylic acids is 1. The van der Waals surface area contributed by atoms with Crippen LogP contribution in [0.3, 0.4) is 0 Å². The Morgan fingerprint density at radius 2 is 1.76 bits per heavy atom. The molecule has 3 aromatic rings. The number of carboxylic acid groups (broad SMARTS) is 1. The van der Waals surface area contributed by atoms with Gasteiger partial charge in [-0.25, -0.2) is 19.2 Å². The van der Waals surface area contributed by atoms with Gasteiger partial charge in [0, 0.05) is 23.6 Å². The largest absolute Gasteiger partial charge is 0.481 e. The third-order valence-corrected chi connectivity index (χ3v) is 5.84. The van der Waals surface area contributed by atoms with E-state index in [0.717, 1.165) is 23.6 Å². The summed E-state index contributed by atoms with van der Waals surface area (Å²) in [6, 6.07) is 10.3. The van der Waals surface area contributed by atoms with Crippen LogP contribution in [0.1, 0.15) is 19.3 Å². The first-order valence-corrected chi connectivity index (χ1v) is 10.5. The Hall–Kier alpha value is -3.72. The van der Waals surface area contributed by atoms with Crippen LogP contribution >= 0.6 is 11.6 Å². The smallest absolute Gasteiger partial charge is 0.323 e. The fraction of sp³-hybridized carbons (Fsp3) is 0.217. The van der Waals surface area contributed by atoms with E-state index in [1.807, 2.05) is 0 Å². The number of halogens is 2. The minimum Gasteiger partial charge on any atom is -0.481 e. The van der Waals surface area contributed by atoms with E-state index in [9.17, 15) is 19.1 Å². The topological polar surface area (TPSA) is 113 Å². The van der Waals surface area contributed by atoms with Gasteiger partial charge in [-0.2, -0.15) is 0 Å². The zero-order valence-corrected chi connectivity index (χ0v) is 18.1. The molecule has 2 aromatic carbocycles. The molecule has 1 aliphatic carbocycles. The number of amides is 2. The second-order valence-corrected chi connectivity index (χ2v) is 8.17. The van der Waals surface area contributed by atoms with Gasteiger partial charge in [0.15, 0.2) is 0 Å². The third kappa shape index (κ3) is 5.20. The average Bonchev–Trinajstić information content (AvgIpc) is 2.76. The van der Waals surface area contributed by atoms with Crippen LogP contribution in [0.2, 0.25) is 5.02 Å². The number of benzene rings is 2. The molecule has 1 saturated carbocycles. The van der Waals surface area contributed by atoms with Gasteiger partial charge in [0.2, 0.25) is 0 Å². The van der Waals surface area contributed by atoms with E-state index in [4.69, 9.17) is 16.3 Å². The van der Waals surface area contributed by atoms with E-state index in [2.05, 4.69) is 20.6 Å². The number of nitrogens with one attached hydrogen (secondary N) is 2. The molecule has 1 fully saturated rings. The Kier molecular flexibility index (Phi) is 6.41. The molecule has 0 aliphatic heterocycles. The van der Waals surface area contributed by atoms with Gasteiger partial charge in [0.25, 0.3) is 0 Å². The number of aliphatic carboxylic acids is 1. The number of nitrogens with zero attached hydrogens (tertiary/aromatic N) is 2. The van der Waals surface area contributed by atoms with Crippen molar-refractivity contribution in [3.63, 3.8) is 0 Å². The SMILES string of the molecule is O=C(Nc1ccc(-c2cnc(OCC3(C(=O)O)CCC3)nc2)cc1)Nc1ccc(F)cc1Cl. The molecule has 4 rings (SSSR count). The monoisotopic (exact) mass is 470 g/mol. The highest BCUT2D eigenvalue weighted by Gasteiger charge is 2.45. The Bertz CT molecular complexity index is 1170. The summed E-state index contributed by atoms with van der Waals surface area (Å²) in [6.45, 7) is 0.0489. The van der Waals surface area contributed by atoms with Crippen LogP contribution in [0.5, 0.6) is 6.01 Å². The summed E-state index contributed by atoms with van der Waals surface area (Å²) in [7, 11) is 0. The van der Waals surface area contributed by atoms with Crippen molar-refractivity contribution in [3.8, 4) is 17.1 Å². The standard InChI is InChI=1S/C23H20ClFN4O4/c24-18-10-16(25)4-7-19(18)29-21(32)28-17-5-2-14(3-6-17)15-11-26-22(27-12-15)33-13-23(20(30)31)8-1-9-23/h2-7,10-12H,1,8-9,13H2,(H,30,31)(H2,28,29,32). The molecule has 10 heteroatoms. The molecule has 0 spiro atoms. The van der Waals surface area contributed by atoms with E-state index >= 15 is 0 Å². The molecule has 8 nitrogen and oxygen atoms in total. The Morgan fingerprint density at radius 1 is 1.06 bits per heavy atom. The summed E-state index contributed by atoms with van der Waals surface area (Å²) < 4.78 is 18.6. The molecule has 33 heavy (non-hydrogen) atoms. The number of hydrogen-bond acceptors (Lipinski definition) is 5. The molecule has 0 saturated heterocycles. The fourth-order valence-corrected chi connectivity index (χ4v) is 3.60. The molecule has 0 bridgehead atoms. The second kappa shape index (κ2) is 9.41. The maximum atomic E-state index is 13.1. The normalized spacial score (nSPS) is 14.1. The van der Waals surface area contributed by atoms with Crippen molar-refractivity contribution in [1.82, 2.24) is 9.97 Å². The van der Waals surface area contributed by atoms with E-state index in [1.165, 1.54) is 12.1 Å². The summed E-state index contributed by atoms with van der Waals surface area (Å²) in [4.78, 5) is 31.9. The van der Waals surface area contributed by atoms with E-state index < -0.39 is 23.2 Å². The summed E-state index contributed by atoms with van der Waals surface area (Å²) in [5, 5.41) is 14.7. The number of hydrogen-bond donors (Lipinski definition) is 3. The first-order valence-electron chi connectivity index (χ1n) is 10.2. The van der Waals surface area contributed by atoms with Gasteiger partial charge < -0.3 is 20.5 Å². The predicted molar refractivity (Wildman–Crippen MR) is 121 cm³/mol. The number of anilines is 2. The highest BCUT2D eigenvalue weighted by molar-refractivity contribution is 6.33. The first kappa shape index (κ1) is 22.5. The molecule has 0 unspecified atom stereocenters. The van der Waals surface area contributed by atoms with Crippen LogP contribution in [0.4, 0.5) is 20.6 Å². The summed E-state index contributed by atoms with van der Waals surface area (Å²) in [5.74, 6) is -1.35. The van der Waals surface area contributed by atoms with Crippen molar-refractivity contribution < 1.29 is 23.8 Å². The highest BCUT2D eigenvalue weighted by Crippen LogP contribution is 2.41. The molecule has 1 aromatic heterocycles. The van der Waals surface area contributed by atoms with Gasteiger partial charge in [0.05, 0.1) is 10.7 Å². The van der Waals surface area contributed by atoms with Crippen molar-refractivity contribution in [2.24, 2.45) is 5.41 Å². The average molecular weight is 471 g/mol. The minimum atomic E-state index is -0.853. The summed E-state index contributed by atoms with van der Waals surface area (Å²) in [6.07, 6.45) is 5.23. The van der Waals surface area contributed by atoms with Crippen LogP contribution in [0, 0.1) is 11.2 Å². The van der Waals surface area contributed by atoms with Crippen molar-refractivity contribution in [2.75, 3.05) is 17.2 Å². The minimum absolute atomic E-state index is 0.0489. The molecule has 1 heterocycles. The predicted octanol–water partition coefficient (Wildman–Crippen LogP) is 5.21. The maximum absolute atomic E-state index is 13.1. The van der Waals surface area contributed by atoms with E-state index in [0.29, 0.717) is 24.2 Å². The number of carboxylic acids is 1. The van der Waals surface area contributed by atoms with Crippen molar-refractivity contribution in [2.45, 2.75) is 19.3 Å². The zero-order chi connectivity index (χ0) is 23.4. The molecule has 3 N–H and O–H groups in total. The van der Waals surface area contributed by atoms with Crippen molar-refractivity contribution >= 4 is 35.0 Å². The summed E-state index contributed by atoms with van der Waals surface area (Å²) in [5.41, 5.74) is 1.54. The number of aromatic nitrogens is 2. The van der Waals surface area contributed by atoms with Gasteiger partial charge in [-0.15, -0.1) is 0 Å². The molecular weight excluding hydrogens is 451 g/mol. The highest BCUT2D eigenvalue weighted by atomic mass is 35.5. The van der Waals surface area contributed by atoms with Crippen LogP contribution in [0.15, 0.2) is 54.9 Å². The van der Waals surface area contributed by atoms with Crippen LogP contribution < -0.4 is 15.4 Å².